The first-order chi connectivity index (χ1) is 6.07. The van der Waals surface area contributed by atoms with Gasteiger partial charge >= 0.3 is 5.97 Å². The van der Waals surface area contributed by atoms with E-state index in [9.17, 15) is 9.18 Å². The molecule has 0 spiro atoms. The van der Waals surface area contributed by atoms with E-state index in [4.69, 9.17) is 0 Å². The van der Waals surface area contributed by atoms with Gasteiger partial charge in [0.05, 0.1) is 12.7 Å². The minimum Gasteiger partial charge on any atom is -0.465 e. The van der Waals surface area contributed by atoms with Crippen molar-refractivity contribution in [3.05, 3.63) is 29.1 Å². The van der Waals surface area contributed by atoms with Crippen LogP contribution >= 0.6 is 0 Å². The molecule has 0 radical (unpaired) electrons. The van der Waals surface area contributed by atoms with Crippen LogP contribution in [-0.2, 0) is 4.74 Å². The smallest absolute Gasteiger partial charge is 0.338 e. The van der Waals surface area contributed by atoms with E-state index in [2.05, 4.69) is 4.74 Å². The van der Waals surface area contributed by atoms with Gasteiger partial charge in [-0.1, -0.05) is 5.46 Å². The zero-order valence-electron chi connectivity index (χ0n) is 7.85. The van der Waals surface area contributed by atoms with Gasteiger partial charge < -0.3 is 4.74 Å². The fraction of sp³-hybridized carbons (Fsp3) is 0.222. The van der Waals surface area contributed by atoms with Gasteiger partial charge in [0.1, 0.15) is 13.7 Å². The highest BCUT2D eigenvalue weighted by molar-refractivity contribution is 6.34. The number of halogens is 1. The van der Waals surface area contributed by atoms with Crippen LogP contribution < -0.4 is 5.46 Å². The Labute approximate surface area is 77.1 Å². The SMILES string of the molecule is Bc1c(F)ccc(C(=O)OC)c1C. The molecule has 0 unspecified atom stereocenters. The molecular formula is C9H10BFO2. The van der Waals surface area contributed by atoms with Gasteiger partial charge in [0, 0.05) is 0 Å². The van der Waals surface area contributed by atoms with Crippen molar-refractivity contribution in [3.63, 3.8) is 0 Å². The summed E-state index contributed by atoms with van der Waals surface area (Å²) >= 11 is 0. The molecule has 0 aliphatic heterocycles. The number of methoxy groups -OCH3 is 1. The van der Waals surface area contributed by atoms with Gasteiger partial charge in [0.15, 0.2) is 0 Å². The Morgan fingerprint density at radius 3 is 2.69 bits per heavy atom. The lowest BCUT2D eigenvalue weighted by Crippen LogP contribution is -2.17. The molecule has 4 heteroatoms. The van der Waals surface area contributed by atoms with E-state index >= 15 is 0 Å². The summed E-state index contributed by atoms with van der Waals surface area (Å²) in [4.78, 5) is 11.2. The van der Waals surface area contributed by atoms with Crippen molar-refractivity contribution in [1.82, 2.24) is 0 Å². The molecule has 0 saturated carbocycles. The number of benzene rings is 1. The van der Waals surface area contributed by atoms with Crippen molar-refractivity contribution in [3.8, 4) is 0 Å². The Kier molecular flexibility index (Phi) is 2.71. The van der Waals surface area contributed by atoms with E-state index in [0.29, 0.717) is 16.6 Å². The fourth-order valence-electron chi connectivity index (χ4n) is 1.12. The second-order valence-electron chi connectivity index (χ2n) is 2.84. The van der Waals surface area contributed by atoms with Crippen LogP contribution in [0.25, 0.3) is 0 Å². The summed E-state index contributed by atoms with van der Waals surface area (Å²) in [5.41, 5.74) is 1.54. The van der Waals surface area contributed by atoms with E-state index in [0.717, 1.165) is 0 Å². The molecule has 2 nitrogen and oxygen atoms in total. The predicted molar refractivity (Wildman–Crippen MR) is 50.7 cm³/mol. The van der Waals surface area contributed by atoms with E-state index in [1.807, 2.05) is 0 Å². The van der Waals surface area contributed by atoms with Crippen molar-refractivity contribution >= 4 is 19.3 Å². The van der Waals surface area contributed by atoms with E-state index in [1.165, 1.54) is 19.2 Å². The summed E-state index contributed by atoms with van der Waals surface area (Å²) in [7, 11) is 2.94. The van der Waals surface area contributed by atoms with Crippen molar-refractivity contribution in [1.29, 1.82) is 0 Å². The Hall–Kier alpha value is -1.32. The zero-order valence-corrected chi connectivity index (χ0v) is 7.85. The molecule has 0 heterocycles. The molecule has 0 N–H and O–H groups in total. The van der Waals surface area contributed by atoms with Crippen molar-refractivity contribution in [2.45, 2.75) is 6.92 Å². The number of rotatable bonds is 1. The molecule has 0 saturated heterocycles. The van der Waals surface area contributed by atoms with Crippen molar-refractivity contribution in [2.24, 2.45) is 0 Å². The normalized spacial score (nSPS) is 9.77. The highest BCUT2D eigenvalue weighted by Crippen LogP contribution is 2.08. The summed E-state index contributed by atoms with van der Waals surface area (Å²) in [6, 6.07) is 2.71. The highest BCUT2D eigenvalue weighted by atomic mass is 19.1. The Bertz CT molecular complexity index is 350. The van der Waals surface area contributed by atoms with Crippen LogP contribution in [0.15, 0.2) is 12.1 Å². The molecule has 1 rings (SSSR count). The molecule has 68 valence electrons. The van der Waals surface area contributed by atoms with Gasteiger partial charge in [-0.2, -0.15) is 0 Å². The molecule has 0 amide bonds. The second-order valence-corrected chi connectivity index (χ2v) is 2.84. The Morgan fingerprint density at radius 2 is 2.15 bits per heavy atom. The molecule has 1 aromatic rings. The van der Waals surface area contributed by atoms with Crippen LogP contribution in [0.4, 0.5) is 4.39 Å². The summed E-state index contributed by atoms with van der Waals surface area (Å²) in [6.07, 6.45) is 0. The molecule has 13 heavy (non-hydrogen) atoms. The molecule has 0 aliphatic rings. The van der Waals surface area contributed by atoms with Crippen LogP contribution in [-0.4, -0.2) is 20.9 Å². The van der Waals surface area contributed by atoms with Crippen LogP contribution in [0, 0.1) is 12.7 Å². The molecule has 0 fully saturated rings. The van der Waals surface area contributed by atoms with Crippen LogP contribution in [0.2, 0.25) is 0 Å². The van der Waals surface area contributed by atoms with Gasteiger partial charge in [0.2, 0.25) is 0 Å². The van der Waals surface area contributed by atoms with Gasteiger partial charge in [-0.15, -0.1) is 0 Å². The van der Waals surface area contributed by atoms with Crippen LogP contribution in [0.3, 0.4) is 0 Å². The molecule has 0 aliphatic carbocycles. The number of hydrogen-bond acceptors (Lipinski definition) is 2. The van der Waals surface area contributed by atoms with E-state index in [1.54, 1.807) is 14.8 Å². The molecule has 1 aromatic carbocycles. The Morgan fingerprint density at radius 1 is 1.54 bits per heavy atom. The first kappa shape index (κ1) is 9.77. The molecule has 0 atom stereocenters. The first-order valence-electron chi connectivity index (χ1n) is 3.92. The van der Waals surface area contributed by atoms with Gasteiger partial charge in [-0.3, -0.25) is 0 Å². The monoisotopic (exact) mass is 180 g/mol. The minimum atomic E-state index is -0.430. The maximum atomic E-state index is 13.0. The quantitative estimate of drug-likeness (QED) is 0.455. The maximum Gasteiger partial charge on any atom is 0.338 e. The average Bonchev–Trinajstić information content (AvgIpc) is 2.13. The summed E-state index contributed by atoms with van der Waals surface area (Å²) < 4.78 is 17.5. The third-order valence-corrected chi connectivity index (χ3v) is 2.13. The topological polar surface area (TPSA) is 26.3 Å². The number of hydrogen-bond donors (Lipinski definition) is 0. The summed E-state index contributed by atoms with van der Waals surface area (Å²) in [6.45, 7) is 1.70. The van der Waals surface area contributed by atoms with Crippen molar-refractivity contribution in [2.75, 3.05) is 7.11 Å². The lowest BCUT2D eigenvalue weighted by molar-refractivity contribution is 0.0600. The first-order valence-corrected chi connectivity index (χ1v) is 3.92. The maximum absolute atomic E-state index is 13.0. The van der Waals surface area contributed by atoms with Gasteiger partial charge in [-0.05, 0) is 24.6 Å². The van der Waals surface area contributed by atoms with Crippen LogP contribution in [0.1, 0.15) is 15.9 Å². The lowest BCUT2D eigenvalue weighted by atomic mass is 9.88. The third-order valence-electron chi connectivity index (χ3n) is 2.13. The number of carbonyl (C=O) groups excluding carboxylic acids is 1. The zero-order chi connectivity index (χ0) is 10.0. The van der Waals surface area contributed by atoms with Crippen molar-refractivity contribution < 1.29 is 13.9 Å². The van der Waals surface area contributed by atoms with E-state index in [-0.39, 0.29) is 5.82 Å². The number of ether oxygens (including phenoxy) is 1. The Balaban J connectivity index is 3.26. The number of esters is 1. The highest BCUT2D eigenvalue weighted by Gasteiger charge is 2.12. The summed E-state index contributed by atoms with van der Waals surface area (Å²) in [5, 5.41) is 0. The molecule has 0 bridgehead atoms. The fourth-order valence-corrected chi connectivity index (χ4v) is 1.12. The second kappa shape index (κ2) is 3.60. The summed E-state index contributed by atoms with van der Waals surface area (Å²) in [5.74, 6) is -0.731. The number of carbonyl (C=O) groups is 1. The predicted octanol–water partition coefficient (Wildman–Crippen LogP) is 0.179. The third kappa shape index (κ3) is 1.71. The average molecular weight is 180 g/mol. The van der Waals surface area contributed by atoms with Gasteiger partial charge in [-0.25, -0.2) is 9.18 Å². The molecule has 0 aromatic heterocycles. The molecular weight excluding hydrogens is 170 g/mol. The largest absolute Gasteiger partial charge is 0.465 e. The van der Waals surface area contributed by atoms with E-state index < -0.39 is 5.97 Å². The standard InChI is InChI=1S/C9H10BFO2/c1-5-6(9(12)13-2)3-4-7(11)8(5)10/h3-4H,10H2,1-2H3. The minimum absolute atomic E-state index is 0.301. The van der Waals surface area contributed by atoms with Gasteiger partial charge in [0.25, 0.3) is 0 Å². The van der Waals surface area contributed by atoms with Crippen LogP contribution in [0.5, 0.6) is 0 Å². The lowest BCUT2D eigenvalue weighted by Gasteiger charge is -2.07.